The number of carbonyl (C=O) groups excluding carboxylic acids is 3. The first-order valence-electron chi connectivity index (χ1n) is 17.0. The molecule has 12 nitrogen and oxygen atoms in total. The highest BCUT2D eigenvalue weighted by Gasteiger charge is 2.37. The first-order chi connectivity index (χ1) is 21.8. The van der Waals surface area contributed by atoms with E-state index in [1.165, 1.54) is 13.7 Å². The van der Waals surface area contributed by atoms with Gasteiger partial charge in [-0.15, -0.1) is 0 Å². The summed E-state index contributed by atoms with van der Waals surface area (Å²) in [6, 6.07) is -1.79. The van der Waals surface area contributed by atoms with Gasteiger partial charge in [-0.05, 0) is 101 Å². The third-order valence-electron chi connectivity index (χ3n) is 11.0. The molecule has 7 unspecified atom stereocenters. The smallest absolute Gasteiger partial charge is 0.247 e. The molecule has 0 amide bonds. The second kappa shape index (κ2) is 16.2. The summed E-state index contributed by atoms with van der Waals surface area (Å²) < 4.78 is 3.98. The molecule has 0 bridgehead atoms. The highest BCUT2D eigenvalue weighted by Crippen LogP contribution is 2.38. The van der Waals surface area contributed by atoms with E-state index in [0.29, 0.717) is 70.6 Å². The topological polar surface area (TPSA) is 154 Å². The molecule has 1 aromatic rings. The minimum atomic E-state index is -0.573. The Morgan fingerprint density at radius 2 is 0.889 bits per heavy atom. The molecule has 246 valence electrons. The number of nitrogens with zero attached hydrogens (tertiary/aromatic N) is 6. The number of hydrogen-bond donors (Lipinski definition) is 0. The van der Waals surface area contributed by atoms with Gasteiger partial charge in [0.05, 0.1) is 18.1 Å². The van der Waals surface area contributed by atoms with E-state index >= 15 is 0 Å². The monoisotopic (exact) mass is 624 g/mol. The summed E-state index contributed by atoms with van der Waals surface area (Å²) in [6.45, 7) is 5.91. The lowest BCUT2D eigenvalue weighted by atomic mass is 9.80. The second-order valence-electron chi connectivity index (χ2n) is 13.3. The molecule has 0 aliphatic heterocycles. The van der Waals surface area contributed by atoms with Crippen LogP contribution >= 0.6 is 0 Å². The Morgan fingerprint density at radius 1 is 0.533 bits per heavy atom. The quantitative estimate of drug-likeness (QED) is 0.242. The van der Waals surface area contributed by atoms with Crippen LogP contribution in [-0.2, 0) is 14.4 Å². The number of aromatic nitrogens is 3. The zero-order chi connectivity index (χ0) is 32.5. The second-order valence-corrected chi connectivity index (χ2v) is 13.3. The molecule has 3 aliphatic rings. The van der Waals surface area contributed by atoms with E-state index in [9.17, 15) is 28.8 Å². The minimum Gasteiger partial charge on any atom is -0.247 e. The lowest BCUT2D eigenvalue weighted by molar-refractivity contribution is 0.180. The molecule has 7 atom stereocenters. The van der Waals surface area contributed by atoms with Crippen LogP contribution in [0.4, 0.5) is 0 Å². The van der Waals surface area contributed by atoms with Crippen LogP contribution in [0.25, 0.3) is 0 Å². The molecule has 0 spiro atoms. The van der Waals surface area contributed by atoms with Crippen LogP contribution in [0.5, 0.6) is 0 Å². The van der Waals surface area contributed by atoms with Crippen molar-refractivity contribution in [1.82, 2.24) is 13.7 Å². The van der Waals surface area contributed by atoms with Crippen LogP contribution in [-0.4, -0.2) is 50.1 Å². The van der Waals surface area contributed by atoms with Crippen molar-refractivity contribution in [1.29, 1.82) is 0 Å². The zero-order valence-electron chi connectivity index (χ0n) is 26.9. The van der Waals surface area contributed by atoms with Gasteiger partial charge in [-0.1, -0.05) is 33.6 Å². The van der Waals surface area contributed by atoms with Gasteiger partial charge in [0, 0.05) is 18.1 Å². The van der Waals surface area contributed by atoms with E-state index in [4.69, 9.17) is 0 Å². The van der Waals surface area contributed by atoms with Gasteiger partial charge in [-0.25, -0.2) is 57.4 Å². The fraction of sp³-hybridized carbons (Fsp3) is 0.818. The molecular formula is C33H48N6O6. The van der Waals surface area contributed by atoms with Gasteiger partial charge in [0.25, 0.3) is 0 Å². The zero-order valence-corrected chi connectivity index (χ0v) is 26.9. The van der Waals surface area contributed by atoms with Crippen LogP contribution < -0.4 is 17.1 Å². The average Bonchev–Trinajstić information content (AvgIpc) is 3.05. The number of isocyanates is 3. The van der Waals surface area contributed by atoms with Crippen molar-refractivity contribution < 1.29 is 14.4 Å². The summed E-state index contributed by atoms with van der Waals surface area (Å²) in [5.74, 6) is 0.227. The third kappa shape index (κ3) is 7.51. The fourth-order valence-electron chi connectivity index (χ4n) is 8.64. The highest BCUT2D eigenvalue weighted by atomic mass is 16.2. The Hall–Kier alpha value is -3.45. The van der Waals surface area contributed by atoms with E-state index in [2.05, 4.69) is 15.0 Å². The number of aliphatic imine (C=N–C) groups is 3. The summed E-state index contributed by atoms with van der Waals surface area (Å²) in [4.78, 5) is 88.2. The molecule has 3 aliphatic carbocycles. The molecule has 0 saturated heterocycles. The van der Waals surface area contributed by atoms with Crippen LogP contribution in [0.3, 0.4) is 0 Å². The van der Waals surface area contributed by atoms with Crippen LogP contribution in [0.2, 0.25) is 0 Å². The van der Waals surface area contributed by atoms with E-state index in [-0.39, 0.29) is 41.9 Å². The molecular weight excluding hydrogens is 576 g/mol. The Kier molecular flexibility index (Phi) is 12.4. The molecule has 4 rings (SSSR count). The Labute approximate surface area is 263 Å². The van der Waals surface area contributed by atoms with E-state index in [1.54, 1.807) is 18.2 Å². The summed E-state index contributed by atoms with van der Waals surface area (Å²) in [5, 5.41) is 0. The van der Waals surface area contributed by atoms with Crippen molar-refractivity contribution in [3.8, 4) is 0 Å². The summed E-state index contributed by atoms with van der Waals surface area (Å²) in [7, 11) is 0. The largest absolute Gasteiger partial charge is 0.336 e. The summed E-state index contributed by atoms with van der Waals surface area (Å²) in [6.07, 6.45) is 15.2. The van der Waals surface area contributed by atoms with Gasteiger partial charge in [-0.2, -0.15) is 0 Å². The maximum Gasteiger partial charge on any atom is 0.336 e. The molecule has 3 saturated carbocycles. The Balaban J connectivity index is 1.79. The Morgan fingerprint density at radius 3 is 1.24 bits per heavy atom. The Bertz CT molecular complexity index is 1400. The van der Waals surface area contributed by atoms with Crippen molar-refractivity contribution in [2.24, 2.45) is 32.7 Å². The standard InChI is InChI=1S/C33H48N6O6/c1-4-28(34-19-40)22-13-15-25(16-14-22)37-31(43)38(26-11-7-9-23(17-26)29(5-2)35-20-41)33(45)39(32(37)44)27-12-8-10-24(18-27)30(6-3)36-21-42/h22-30H,4-18H2,1-3H3. The van der Waals surface area contributed by atoms with Gasteiger partial charge in [0.1, 0.15) is 0 Å². The first-order valence-corrected chi connectivity index (χ1v) is 17.0. The average molecular weight is 625 g/mol. The van der Waals surface area contributed by atoms with Gasteiger partial charge in [0.15, 0.2) is 0 Å². The molecule has 1 aromatic heterocycles. The molecule has 3 fully saturated rings. The van der Waals surface area contributed by atoms with Gasteiger partial charge in [0.2, 0.25) is 18.2 Å². The van der Waals surface area contributed by atoms with Crippen molar-refractivity contribution in [2.75, 3.05) is 0 Å². The molecule has 0 radical (unpaired) electrons. The summed E-state index contributed by atoms with van der Waals surface area (Å²) in [5.41, 5.74) is -1.70. The molecule has 1 heterocycles. The predicted octanol–water partition coefficient (Wildman–Crippen LogP) is 4.71. The third-order valence-corrected chi connectivity index (χ3v) is 11.0. The van der Waals surface area contributed by atoms with E-state index in [1.807, 2.05) is 20.8 Å². The maximum atomic E-state index is 14.3. The SMILES string of the molecule is CCC(N=C=O)C1CCC(n2c(=O)n(C3CCCC(C(CC)N=C=O)C3)c(=O)n(C3CCCC(C(CC)N=C=O)C3)c2=O)CC1. The predicted molar refractivity (Wildman–Crippen MR) is 169 cm³/mol. The highest BCUT2D eigenvalue weighted by molar-refractivity contribution is 5.34. The van der Waals surface area contributed by atoms with Gasteiger partial charge < -0.3 is 0 Å². The van der Waals surface area contributed by atoms with Gasteiger partial charge in [-0.3, -0.25) is 0 Å². The fourth-order valence-corrected chi connectivity index (χ4v) is 8.64. The molecule has 12 heteroatoms. The first kappa shape index (κ1) is 34.4. The van der Waals surface area contributed by atoms with Crippen molar-refractivity contribution >= 4 is 18.2 Å². The lowest BCUT2D eigenvalue weighted by Crippen LogP contribution is -2.58. The number of hydrogen-bond acceptors (Lipinski definition) is 9. The van der Waals surface area contributed by atoms with Crippen LogP contribution in [0, 0.1) is 17.8 Å². The molecule has 0 aromatic carbocycles. The van der Waals surface area contributed by atoms with Crippen molar-refractivity contribution in [3.05, 3.63) is 31.5 Å². The minimum absolute atomic E-state index is 0.0284. The lowest BCUT2D eigenvalue weighted by Gasteiger charge is -2.36. The van der Waals surface area contributed by atoms with Crippen LogP contribution in [0.1, 0.15) is 135 Å². The summed E-state index contributed by atoms with van der Waals surface area (Å²) >= 11 is 0. The molecule has 45 heavy (non-hydrogen) atoms. The van der Waals surface area contributed by atoms with E-state index < -0.39 is 29.2 Å². The van der Waals surface area contributed by atoms with Crippen molar-refractivity contribution in [2.45, 2.75) is 153 Å². The normalized spacial score (nSPS) is 28.9. The van der Waals surface area contributed by atoms with Crippen LogP contribution in [0.15, 0.2) is 29.4 Å². The van der Waals surface area contributed by atoms with E-state index in [0.717, 1.165) is 25.7 Å². The van der Waals surface area contributed by atoms with Gasteiger partial charge >= 0.3 is 17.1 Å². The number of rotatable bonds is 12. The maximum absolute atomic E-state index is 14.3. The van der Waals surface area contributed by atoms with Crippen molar-refractivity contribution in [3.63, 3.8) is 0 Å². The molecule has 0 N–H and O–H groups in total.